The number of hydrogen-bond acceptors (Lipinski definition) is 4. The Balaban J connectivity index is 2.03. The molecule has 0 bridgehead atoms. The summed E-state index contributed by atoms with van der Waals surface area (Å²) < 4.78 is 11.4. The number of carbonyl (C=O) groups is 2. The second kappa shape index (κ2) is 11.0. The Morgan fingerprint density at radius 1 is 0.472 bits per heavy atom. The quantitative estimate of drug-likeness (QED) is 0.254. The summed E-state index contributed by atoms with van der Waals surface area (Å²) in [6, 6.07) is 30.8. The van der Waals surface area contributed by atoms with Gasteiger partial charge in [-0.05, 0) is 61.1 Å². The van der Waals surface area contributed by atoms with Crippen LogP contribution in [0.1, 0.15) is 48.4 Å². The van der Waals surface area contributed by atoms with Crippen LogP contribution < -0.4 is 0 Å². The molecule has 4 heteroatoms. The summed E-state index contributed by atoms with van der Waals surface area (Å²) in [6.45, 7) is 7.29. The molecule has 4 aromatic rings. The molecular formula is C32H30O4. The predicted molar refractivity (Wildman–Crippen MR) is 144 cm³/mol. The van der Waals surface area contributed by atoms with Crippen LogP contribution in [0.2, 0.25) is 0 Å². The minimum absolute atomic E-state index is 0.296. The molecule has 4 nitrogen and oxygen atoms in total. The van der Waals surface area contributed by atoms with Gasteiger partial charge in [0.1, 0.15) is 0 Å². The van der Waals surface area contributed by atoms with E-state index in [0.29, 0.717) is 22.3 Å². The highest BCUT2D eigenvalue weighted by Crippen LogP contribution is 2.38. The van der Waals surface area contributed by atoms with Crippen molar-refractivity contribution in [1.82, 2.24) is 0 Å². The molecule has 0 amide bonds. The van der Waals surface area contributed by atoms with Crippen molar-refractivity contribution in [3.05, 3.63) is 108 Å². The molecule has 0 N–H and O–H groups in total. The van der Waals surface area contributed by atoms with Crippen molar-refractivity contribution < 1.29 is 19.1 Å². The van der Waals surface area contributed by atoms with Crippen LogP contribution in [0.4, 0.5) is 0 Å². The molecule has 0 saturated heterocycles. The lowest BCUT2D eigenvalue weighted by Crippen LogP contribution is -2.16. The average molecular weight is 479 g/mol. The first kappa shape index (κ1) is 24.9. The second-order valence-corrected chi connectivity index (χ2v) is 9.10. The number of carbonyl (C=O) groups excluding carboxylic acids is 2. The Hall–Kier alpha value is -4.18. The van der Waals surface area contributed by atoms with Gasteiger partial charge in [-0.1, -0.05) is 97.1 Å². The molecular weight excluding hydrogens is 448 g/mol. The third-order valence-corrected chi connectivity index (χ3v) is 5.68. The van der Waals surface area contributed by atoms with Gasteiger partial charge in [-0.3, -0.25) is 0 Å². The Bertz CT molecular complexity index is 1250. The van der Waals surface area contributed by atoms with Crippen LogP contribution >= 0.6 is 0 Å². The summed E-state index contributed by atoms with van der Waals surface area (Å²) in [4.78, 5) is 27.0. The number of rotatable bonds is 7. The van der Waals surface area contributed by atoms with Gasteiger partial charge in [-0.2, -0.15) is 0 Å². The molecule has 36 heavy (non-hydrogen) atoms. The van der Waals surface area contributed by atoms with E-state index in [1.807, 2.05) is 125 Å². The van der Waals surface area contributed by atoms with Crippen LogP contribution in [0.25, 0.3) is 33.4 Å². The van der Waals surface area contributed by atoms with Crippen LogP contribution in [0, 0.1) is 0 Å². The molecule has 0 heterocycles. The number of hydrogen-bond donors (Lipinski definition) is 0. The molecule has 0 fully saturated rings. The molecule has 0 saturated carbocycles. The Morgan fingerprint density at radius 2 is 0.806 bits per heavy atom. The van der Waals surface area contributed by atoms with E-state index in [0.717, 1.165) is 22.3 Å². The van der Waals surface area contributed by atoms with E-state index in [2.05, 4.69) is 0 Å². The minimum atomic E-state index is -0.437. The lowest BCUT2D eigenvalue weighted by Gasteiger charge is -2.20. The Kier molecular flexibility index (Phi) is 7.65. The van der Waals surface area contributed by atoms with Gasteiger partial charge < -0.3 is 9.47 Å². The fraction of sp³-hybridized carbons (Fsp3) is 0.188. The van der Waals surface area contributed by atoms with E-state index in [1.54, 1.807) is 0 Å². The second-order valence-electron chi connectivity index (χ2n) is 9.10. The molecule has 0 atom stereocenters. The van der Waals surface area contributed by atoms with Gasteiger partial charge in [-0.25, -0.2) is 9.59 Å². The van der Waals surface area contributed by atoms with E-state index in [-0.39, 0.29) is 12.2 Å². The zero-order valence-electron chi connectivity index (χ0n) is 21.0. The largest absolute Gasteiger partial charge is 0.459 e. The number of esters is 2. The SMILES string of the molecule is CC(C)OC(=O)c1c(-c2ccccc2)cccc1-c1cccc(-c2ccccc2)c1C(=O)OC(C)C. The van der Waals surface area contributed by atoms with E-state index in [9.17, 15) is 9.59 Å². The molecule has 0 aromatic heterocycles. The molecule has 0 radical (unpaired) electrons. The van der Waals surface area contributed by atoms with E-state index in [4.69, 9.17) is 9.47 Å². The highest BCUT2D eigenvalue weighted by Gasteiger charge is 2.26. The van der Waals surface area contributed by atoms with Crippen LogP contribution in [0.15, 0.2) is 97.1 Å². The molecule has 0 unspecified atom stereocenters. The maximum Gasteiger partial charge on any atom is 0.339 e. The van der Waals surface area contributed by atoms with Gasteiger partial charge in [0.15, 0.2) is 0 Å². The highest BCUT2D eigenvalue weighted by molar-refractivity contribution is 6.10. The number of ether oxygens (including phenoxy) is 2. The zero-order chi connectivity index (χ0) is 25.7. The lowest BCUT2D eigenvalue weighted by atomic mass is 9.87. The fourth-order valence-electron chi connectivity index (χ4n) is 4.26. The third kappa shape index (κ3) is 5.38. The maximum absolute atomic E-state index is 13.5. The topological polar surface area (TPSA) is 52.6 Å². The first-order chi connectivity index (χ1) is 17.4. The first-order valence-electron chi connectivity index (χ1n) is 12.2. The average Bonchev–Trinajstić information content (AvgIpc) is 2.88. The van der Waals surface area contributed by atoms with Crippen molar-refractivity contribution in [2.24, 2.45) is 0 Å². The molecule has 182 valence electrons. The summed E-state index contributed by atoms with van der Waals surface area (Å²) in [5.41, 5.74) is 5.34. The van der Waals surface area contributed by atoms with Crippen molar-refractivity contribution in [2.45, 2.75) is 39.9 Å². The van der Waals surface area contributed by atoms with Crippen molar-refractivity contribution in [3.63, 3.8) is 0 Å². The smallest absolute Gasteiger partial charge is 0.339 e. The van der Waals surface area contributed by atoms with E-state index >= 15 is 0 Å². The van der Waals surface area contributed by atoms with Crippen molar-refractivity contribution in [1.29, 1.82) is 0 Å². The number of benzene rings is 4. The monoisotopic (exact) mass is 478 g/mol. The standard InChI is InChI=1S/C32H30O4/c1-21(2)35-31(33)29-25(23-13-7-5-8-14-23)17-11-19-27(29)28-20-12-18-26(24-15-9-6-10-16-24)30(28)32(34)36-22(3)4/h5-22H,1-4H3. The van der Waals surface area contributed by atoms with E-state index < -0.39 is 11.9 Å². The molecule has 0 aliphatic heterocycles. The fourth-order valence-corrected chi connectivity index (χ4v) is 4.26. The third-order valence-electron chi connectivity index (χ3n) is 5.68. The summed E-state index contributed by atoms with van der Waals surface area (Å²) in [6.07, 6.45) is -0.592. The minimum Gasteiger partial charge on any atom is -0.459 e. The van der Waals surface area contributed by atoms with Gasteiger partial charge in [0.25, 0.3) is 0 Å². The summed E-state index contributed by atoms with van der Waals surface area (Å²) in [5.74, 6) is -0.875. The maximum atomic E-state index is 13.5. The van der Waals surface area contributed by atoms with Crippen molar-refractivity contribution >= 4 is 11.9 Å². The molecule has 0 spiro atoms. The Morgan fingerprint density at radius 3 is 1.14 bits per heavy atom. The zero-order valence-corrected chi connectivity index (χ0v) is 21.0. The van der Waals surface area contributed by atoms with E-state index in [1.165, 1.54) is 0 Å². The van der Waals surface area contributed by atoms with Crippen molar-refractivity contribution in [3.8, 4) is 33.4 Å². The highest BCUT2D eigenvalue weighted by atomic mass is 16.5. The van der Waals surface area contributed by atoms with Crippen LogP contribution in [0.3, 0.4) is 0 Å². The molecule has 0 aliphatic rings. The first-order valence-corrected chi connectivity index (χ1v) is 12.2. The van der Waals surface area contributed by atoms with Gasteiger partial charge in [0.05, 0.1) is 23.3 Å². The summed E-state index contributed by atoms with van der Waals surface area (Å²) >= 11 is 0. The van der Waals surface area contributed by atoms with Crippen LogP contribution in [-0.4, -0.2) is 24.1 Å². The van der Waals surface area contributed by atoms with Gasteiger partial charge in [-0.15, -0.1) is 0 Å². The van der Waals surface area contributed by atoms with Gasteiger partial charge in [0, 0.05) is 0 Å². The lowest BCUT2D eigenvalue weighted by molar-refractivity contribution is 0.0366. The Labute approximate surface area is 212 Å². The van der Waals surface area contributed by atoms with Crippen LogP contribution in [0.5, 0.6) is 0 Å². The van der Waals surface area contributed by atoms with Crippen molar-refractivity contribution in [2.75, 3.05) is 0 Å². The predicted octanol–water partition coefficient (Wildman–Crippen LogP) is 7.82. The molecule has 4 rings (SSSR count). The summed E-state index contributed by atoms with van der Waals surface area (Å²) in [5, 5.41) is 0. The normalized spacial score (nSPS) is 10.9. The van der Waals surface area contributed by atoms with Gasteiger partial charge in [0.2, 0.25) is 0 Å². The van der Waals surface area contributed by atoms with Gasteiger partial charge >= 0.3 is 11.9 Å². The molecule has 0 aliphatic carbocycles. The summed E-state index contributed by atoms with van der Waals surface area (Å²) in [7, 11) is 0. The van der Waals surface area contributed by atoms with Crippen LogP contribution in [-0.2, 0) is 9.47 Å². The molecule has 4 aromatic carbocycles.